The average molecular weight is 266 g/mol. The molecule has 1 aliphatic heterocycles. The highest BCUT2D eigenvalue weighted by atomic mass is 32.1. The lowest BCUT2D eigenvalue weighted by Gasteiger charge is -2.30. The van der Waals surface area contributed by atoms with Crippen LogP contribution in [-0.4, -0.2) is 29.0 Å². The third-order valence-corrected chi connectivity index (χ3v) is 3.66. The van der Waals surface area contributed by atoms with Crippen LogP contribution in [0.25, 0.3) is 0 Å². The Morgan fingerprint density at radius 3 is 2.47 bits per heavy atom. The minimum atomic E-state index is -4.45. The first-order valence-electron chi connectivity index (χ1n) is 5.36. The van der Waals surface area contributed by atoms with E-state index >= 15 is 0 Å². The van der Waals surface area contributed by atoms with Crippen LogP contribution in [0.15, 0.2) is 0 Å². The first kappa shape index (κ1) is 12.6. The molecular weight excluding hydrogens is 253 g/mol. The minimum Gasteiger partial charge on any atom is -0.347 e. The van der Waals surface area contributed by atoms with E-state index in [9.17, 15) is 13.2 Å². The predicted octanol–water partition coefficient (Wildman–Crippen LogP) is 1.73. The number of aromatic nitrogens is 2. The van der Waals surface area contributed by atoms with Crippen LogP contribution < -0.4 is 10.6 Å². The molecule has 1 aromatic rings. The predicted molar refractivity (Wildman–Crippen MR) is 58.9 cm³/mol. The van der Waals surface area contributed by atoms with E-state index in [0.29, 0.717) is 30.7 Å². The molecule has 17 heavy (non-hydrogen) atoms. The van der Waals surface area contributed by atoms with Crippen molar-refractivity contribution >= 4 is 16.7 Å². The van der Waals surface area contributed by atoms with Crippen molar-refractivity contribution in [2.24, 2.45) is 11.7 Å². The van der Waals surface area contributed by atoms with E-state index in [2.05, 4.69) is 9.36 Å². The summed E-state index contributed by atoms with van der Waals surface area (Å²) in [4.78, 5) is 5.38. The number of rotatable bonds is 2. The van der Waals surface area contributed by atoms with Crippen molar-refractivity contribution in [2.45, 2.75) is 19.0 Å². The van der Waals surface area contributed by atoms with E-state index in [1.807, 2.05) is 4.90 Å². The summed E-state index contributed by atoms with van der Waals surface area (Å²) in [6.07, 6.45) is -2.65. The average Bonchev–Trinajstić information content (AvgIpc) is 2.78. The van der Waals surface area contributed by atoms with Gasteiger partial charge in [0.1, 0.15) is 0 Å². The van der Waals surface area contributed by atoms with Crippen LogP contribution in [0, 0.1) is 5.92 Å². The van der Waals surface area contributed by atoms with Crippen LogP contribution >= 0.6 is 11.5 Å². The summed E-state index contributed by atoms with van der Waals surface area (Å²) in [5, 5.41) is 0.354. The Morgan fingerprint density at radius 1 is 1.35 bits per heavy atom. The molecule has 8 heteroatoms. The zero-order chi connectivity index (χ0) is 12.5. The molecule has 0 spiro atoms. The van der Waals surface area contributed by atoms with Gasteiger partial charge in [-0.15, -0.1) is 0 Å². The summed E-state index contributed by atoms with van der Waals surface area (Å²) in [7, 11) is 0. The topological polar surface area (TPSA) is 55.0 Å². The molecule has 0 bridgehead atoms. The van der Waals surface area contributed by atoms with Crippen molar-refractivity contribution in [1.29, 1.82) is 0 Å². The van der Waals surface area contributed by atoms with Gasteiger partial charge in [-0.2, -0.15) is 22.5 Å². The van der Waals surface area contributed by atoms with Gasteiger partial charge in [0.15, 0.2) is 0 Å². The Balaban J connectivity index is 2.02. The smallest absolute Gasteiger partial charge is 0.347 e. The number of piperidine rings is 1. The Kier molecular flexibility index (Phi) is 3.53. The van der Waals surface area contributed by atoms with Crippen LogP contribution in [0.2, 0.25) is 0 Å². The minimum absolute atomic E-state index is 0.354. The summed E-state index contributed by atoms with van der Waals surface area (Å²) in [5.41, 5.74) is 5.56. The molecule has 4 nitrogen and oxygen atoms in total. The third-order valence-electron chi connectivity index (χ3n) is 2.89. The fraction of sp³-hybridized carbons (Fsp3) is 0.778. The molecule has 1 aliphatic rings. The standard InChI is InChI=1S/C9H13F3N4S/c10-9(11,12)7-14-8(17-15-7)16-3-1-6(5-13)2-4-16/h6H,1-5,13H2. The summed E-state index contributed by atoms with van der Waals surface area (Å²) in [6.45, 7) is 2.04. The Morgan fingerprint density at radius 2 is 2.00 bits per heavy atom. The van der Waals surface area contributed by atoms with Gasteiger partial charge in [-0.05, 0) is 25.3 Å². The monoisotopic (exact) mass is 266 g/mol. The number of hydrogen-bond donors (Lipinski definition) is 1. The van der Waals surface area contributed by atoms with E-state index in [4.69, 9.17) is 5.73 Å². The van der Waals surface area contributed by atoms with Gasteiger partial charge in [0, 0.05) is 24.6 Å². The molecule has 2 N–H and O–H groups in total. The van der Waals surface area contributed by atoms with Gasteiger partial charge in [-0.3, -0.25) is 0 Å². The van der Waals surface area contributed by atoms with Gasteiger partial charge < -0.3 is 10.6 Å². The Labute approximate surface area is 101 Å². The van der Waals surface area contributed by atoms with E-state index in [0.717, 1.165) is 24.4 Å². The van der Waals surface area contributed by atoms with Crippen molar-refractivity contribution in [3.63, 3.8) is 0 Å². The molecule has 1 saturated heterocycles. The summed E-state index contributed by atoms with van der Waals surface area (Å²) >= 11 is 0.805. The van der Waals surface area contributed by atoms with Crippen molar-refractivity contribution in [1.82, 2.24) is 9.36 Å². The maximum atomic E-state index is 12.3. The van der Waals surface area contributed by atoms with Gasteiger partial charge in [0.2, 0.25) is 11.0 Å². The molecule has 0 aromatic carbocycles. The van der Waals surface area contributed by atoms with Gasteiger partial charge in [-0.25, -0.2) is 0 Å². The van der Waals surface area contributed by atoms with Crippen LogP contribution in [-0.2, 0) is 6.18 Å². The first-order valence-corrected chi connectivity index (χ1v) is 6.14. The molecular formula is C9H13F3N4S. The highest BCUT2D eigenvalue weighted by Crippen LogP contribution is 2.31. The maximum Gasteiger partial charge on any atom is 0.452 e. The first-order chi connectivity index (χ1) is 8.00. The zero-order valence-corrected chi connectivity index (χ0v) is 9.89. The molecule has 0 atom stereocenters. The van der Waals surface area contributed by atoms with Crippen LogP contribution in [0.5, 0.6) is 0 Å². The van der Waals surface area contributed by atoms with Crippen molar-refractivity contribution in [3.05, 3.63) is 5.82 Å². The number of nitrogens with two attached hydrogens (primary N) is 1. The Hall–Kier alpha value is -0.890. The number of hydrogen-bond acceptors (Lipinski definition) is 5. The quantitative estimate of drug-likeness (QED) is 0.885. The number of nitrogens with zero attached hydrogens (tertiary/aromatic N) is 3. The highest BCUT2D eigenvalue weighted by molar-refractivity contribution is 7.09. The molecule has 2 rings (SSSR count). The lowest BCUT2D eigenvalue weighted by atomic mass is 9.98. The van der Waals surface area contributed by atoms with Gasteiger partial charge in [0.25, 0.3) is 0 Å². The van der Waals surface area contributed by atoms with E-state index in [-0.39, 0.29) is 0 Å². The van der Waals surface area contributed by atoms with Crippen LogP contribution in [0.3, 0.4) is 0 Å². The lowest BCUT2D eigenvalue weighted by Crippen LogP contribution is -2.36. The molecule has 1 aromatic heterocycles. The van der Waals surface area contributed by atoms with E-state index in [1.54, 1.807) is 0 Å². The summed E-state index contributed by atoms with van der Waals surface area (Å²) in [6, 6.07) is 0. The summed E-state index contributed by atoms with van der Waals surface area (Å²) < 4.78 is 40.3. The van der Waals surface area contributed by atoms with Crippen molar-refractivity contribution in [2.75, 3.05) is 24.5 Å². The molecule has 0 aliphatic carbocycles. The SMILES string of the molecule is NCC1CCN(c2nc(C(F)(F)F)ns2)CC1. The molecule has 0 amide bonds. The van der Waals surface area contributed by atoms with Crippen LogP contribution in [0.4, 0.5) is 18.3 Å². The number of anilines is 1. The fourth-order valence-electron chi connectivity index (χ4n) is 1.82. The maximum absolute atomic E-state index is 12.3. The highest BCUT2D eigenvalue weighted by Gasteiger charge is 2.36. The lowest BCUT2D eigenvalue weighted by molar-refractivity contribution is -0.144. The number of halogens is 3. The fourth-order valence-corrected chi connectivity index (χ4v) is 2.56. The van der Waals surface area contributed by atoms with Crippen LogP contribution in [0.1, 0.15) is 18.7 Å². The zero-order valence-electron chi connectivity index (χ0n) is 9.07. The molecule has 1 fully saturated rings. The third kappa shape index (κ3) is 2.86. The number of alkyl halides is 3. The second kappa shape index (κ2) is 4.77. The van der Waals surface area contributed by atoms with E-state index < -0.39 is 12.0 Å². The Bertz CT molecular complexity index is 371. The molecule has 2 heterocycles. The summed E-state index contributed by atoms with van der Waals surface area (Å²) in [5.74, 6) is -0.570. The molecule has 0 radical (unpaired) electrons. The van der Waals surface area contributed by atoms with E-state index in [1.165, 1.54) is 0 Å². The van der Waals surface area contributed by atoms with Gasteiger partial charge in [0.05, 0.1) is 0 Å². The second-order valence-corrected chi connectivity index (χ2v) is 4.79. The van der Waals surface area contributed by atoms with Crippen molar-refractivity contribution in [3.8, 4) is 0 Å². The normalized spacial score (nSPS) is 18.7. The molecule has 96 valence electrons. The van der Waals surface area contributed by atoms with Crippen molar-refractivity contribution < 1.29 is 13.2 Å². The second-order valence-electron chi connectivity index (χ2n) is 4.06. The molecule has 0 saturated carbocycles. The van der Waals surface area contributed by atoms with Gasteiger partial charge >= 0.3 is 6.18 Å². The van der Waals surface area contributed by atoms with Gasteiger partial charge in [-0.1, -0.05) is 0 Å². The molecule has 0 unspecified atom stereocenters. The largest absolute Gasteiger partial charge is 0.452 e.